The van der Waals surface area contributed by atoms with E-state index in [2.05, 4.69) is 58.7 Å². The van der Waals surface area contributed by atoms with E-state index in [1.54, 1.807) is 0 Å². The minimum absolute atomic E-state index is 0.0217. The highest BCUT2D eigenvalue weighted by Crippen LogP contribution is 2.19. The van der Waals surface area contributed by atoms with E-state index in [4.69, 9.17) is 0 Å². The maximum Gasteiger partial charge on any atom is 0.0494 e. The first-order valence-corrected chi connectivity index (χ1v) is 7.11. The van der Waals surface area contributed by atoms with E-state index in [1.165, 1.54) is 22.3 Å². The zero-order valence-electron chi connectivity index (χ0n) is 13.4. The number of aliphatic hydroxyl groups is 1. The lowest BCUT2D eigenvalue weighted by atomic mass is 9.93. The summed E-state index contributed by atoms with van der Waals surface area (Å²) in [6, 6.07) is 4.53. The predicted octanol–water partition coefficient (Wildman–Crippen LogP) is 3.10. The van der Waals surface area contributed by atoms with Crippen LogP contribution >= 0.6 is 0 Å². The lowest BCUT2D eigenvalue weighted by Gasteiger charge is -2.28. The summed E-state index contributed by atoms with van der Waals surface area (Å²) in [6.07, 6.45) is 1.08. The molecule has 0 bridgehead atoms. The normalized spacial score (nSPS) is 12.2. The molecule has 1 N–H and O–H groups in total. The summed E-state index contributed by atoms with van der Waals surface area (Å²) in [4.78, 5) is 2.31. The van der Waals surface area contributed by atoms with Crippen LogP contribution < -0.4 is 0 Å². The summed E-state index contributed by atoms with van der Waals surface area (Å²) in [5.41, 5.74) is 5.58. The summed E-state index contributed by atoms with van der Waals surface area (Å²) in [5, 5.41) is 9.32. The Morgan fingerprint density at radius 1 is 1.11 bits per heavy atom. The molecule has 0 aromatic heterocycles. The van der Waals surface area contributed by atoms with E-state index < -0.39 is 0 Å². The first kappa shape index (κ1) is 16.2. The molecule has 19 heavy (non-hydrogen) atoms. The molecular weight excluding hydrogens is 234 g/mol. The highest BCUT2D eigenvalue weighted by Gasteiger charge is 2.18. The second-order valence-electron chi connectivity index (χ2n) is 6.69. The van der Waals surface area contributed by atoms with Gasteiger partial charge in [0.1, 0.15) is 0 Å². The summed E-state index contributed by atoms with van der Waals surface area (Å²) >= 11 is 0. The van der Waals surface area contributed by atoms with Gasteiger partial charge in [-0.2, -0.15) is 0 Å². The molecule has 1 rings (SSSR count). The van der Waals surface area contributed by atoms with Crippen LogP contribution in [0.3, 0.4) is 0 Å². The topological polar surface area (TPSA) is 23.5 Å². The van der Waals surface area contributed by atoms with Gasteiger partial charge >= 0.3 is 0 Å². The highest BCUT2D eigenvalue weighted by atomic mass is 16.3. The lowest BCUT2D eigenvalue weighted by Crippen LogP contribution is -2.35. The maximum atomic E-state index is 9.32. The van der Waals surface area contributed by atoms with Crippen molar-refractivity contribution in [2.75, 3.05) is 26.7 Å². The van der Waals surface area contributed by atoms with E-state index in [9.17, 15) is 5.11 Å². The molecule has 1 aromatic rings. The SMILES string of the molecule is Cc1cc(C)c(CCN(C)CC(C)(C)CO)c(C)c1. The fourth-order valence-electron chi connectivity index (χ4n) is 2.77. The van der Waals surface area contributed by atoms with Crippen LogP contribution in [0.4, 0.5) is 0 Å². The highest BCUT2D eigenvalue weighted by molar-refractivity contribution is 5.37. The van der Waals surface area contributed by atoms with E-state index in [0.29, 0.717) is 0 Å². The van der Waals surface area contributed by atoms with Crippen molar-refractivity contribution in [1.82, 2.24) is 4.90 Å². The number of aryl methyl sites for hydroxylation is 3. The molecule has 0 aliphatic rings. The second-order valence-corrected chi connectivity index (χ2v) is 6.69. The van der Waals surface area contributed by atoms with Gasteiger partial charge in [-0.25, -0.2) is 0 Å². The van der Waals surface area contributed by atoms with Gasteiger partial charge in [0.05, 0.1) is 0 Å². The molecule has 2 heteroatoms. The smallest absolute Gasteiger partial charge is 0.0494 e. The van der Waals surface area contributed by atoms with E-state index >= 15 is 0 Å². The summed E-state index contributed by atoms with van der Waals surface area (Å²) < 4.78 is 0. The van der Waals surface area contributed by atoms with Crippen molar-refractivity contribution >= 4 is 0 Å². The molecule has 0 radical (unpaired) electrons. The molecule has 0 heterocycles. The van der Waals surface area contributed by atoms with Crippen molar-refractivity contribution in [3.8, 4) is 0 Å². The maximum absolute atomic E-state index is 9.32. The first-order valence-electron chi connectivity index (χ1n) is 7.11. The third kappa shape index (κ3) is 4.96. The Labute approximate surface area is 118 Å². The van der Waals surface area contributed by atoms with E-state index in [-0.39, 0.29) is 12.0 Å². The molecule has 0 atom stereocenters. The van der Waals surface area contributed by atoms with Crippen LogP contribution in [0.5, 0.6) is 0 Å². The zero-order valence-corrected chi connectivity index (χ0v) is 13.4. The molecule has 0 saturated carbocycles. The molecule has 0 amide bonds. The van der Waals surface area contributed by atoms with Crippen molar-refractivity contribution in [3.63, 3.8) is 0 Å². The average molecular weight is 263 g/mol. The molecule has 0 aliphatic carbocycles. The van der Waals surface area contributed by atoms with Crippen LogP contribution in [0, 0.1) is 26.2 Å². The number of aliphatic hydroxyl groups excluding tert-OH is 1. The summed E-state index contributed by atoms with van der Waals surface area (Å²) in [5.74, 6) is 0. The molecule has 0 unspecified atom stereocenters. The molecule has 0 fully saturated rings. The second kappa shape index (κ2) is 6.53. The van der Waals surface area contributed by atoms with Gasteiger partial charge in [0, 0.05) is 25.1 Å². The monoisotopic (exact) mass is 263 g/mol. The van der Waals surface area contributed by atoms with Crippen LogP contribution in [0.25, 0.3) is 0 Å². The summed E-state index contributed by atoms with van der Waals surface area (Å²) in [7, 11) is 2.14. The van der Waals surface area contributed by atoms with Crippen LogP contribution in [0.15, 0.2) is 12.1 Å². The zero-order chi connectivity index (χ0) is 14.6. The van der Waals surface area contributed by atoms with Gasteiger partial charge in [-0.05, 0) is 50.9 Å². The third-order valence-corrected chi connectivity index (χ3v) is 3.71. The summed E-state index contributed by atoms with van der Waals surface area (Å²) in [6.45, 7) is 13.0. The number of benzene rings is 1. The predicted molar refractivity (Wildman–Crippen MR) is 82.7 cm³/mol. The largest absolute Gasteiger partial charge is 0.396 e. The van der Waals surface area contributed by atoms with Crippen LogP contribution in [-0.2, 0) is 6.42 Å². The van der Waals surface area contributed by atoms with E-state index in [0.717, 1.165) is 19.5 Å². The molecule has 2 nitrogen and oxygen atoms in total. The third-order valence-electron chi connectivity index (χ3n) is 3.71. The van der Waals surface area contributed by atoms with Gasteiger partial charge in [-0.1, -0.05) is 31.5 Å². The van der Waals surface area contributed by atoms with Crippen molar-refractivity contribution in [3.05, 3.63) is 34.4 Å². The molecular formula is C17H29NO. The Balaban J connectivity index is 2.63. The molecule has 1 aromatic carbocycles. The Kier molecular flexibility index (Phi) is 5.57. The Morgan fingerprint density at radius 2 is 1.63 bits per heavy atom. The molecule has 0 spiro atoms. The minimum Gasteiger partial charge on any atom is -0.396 e. The van der Waals surface area contributed by atoms with Crippen molar-refractivity contribution in [1.29, 1.82) is 0 Å². The number of nitrogens with zero attached hydrogens (tertiary/aromatic N) is 1. The van der Waals surface area contributed by atoms with Crippen molar-refractivity contribution < 1.29 is 5.11 Å². The average Bonchev–Trinajstić information content (AvgIpc) is 2.26. The molecule has 108 valence electrons. The Hall–Kier alpha value is -0.860. The minimum atomic E-state index is -0.0217. The van der Waals surface area contributed by atoms with Crippen LogP contribution in [0.1, 0.15) is 36.1 Å². The number of likely N-dealkylation sites (N-methyl/N-ethyl adjacent to an activating group) is 1. The number of hydrogen-bond acceptors (Lipinski definition) is 2. The Morgan fingerprint density at radius 3 is 2.11 bits per heavy atom. The van der Waals surface area contributed by atoms with Gasteiger partial charge < -0.3 is 10.0 Å². The van der Waals surface area contributed by atoms with Crippen molar-refractivity contribution in [2.45, 2.75) is 41.0 Å². The molecule has 0 aliphatic heterocycles. The van der Waals surface area contributed by atoms with Gasteiger partial charge in [0.25, 0.3) is 0 Å². The quantitative estimate of drug-likeness (QED) is 0.852. The van der Waals surface area contributed by atoms with Gasteiger partial charge in [-0.3, -0.25) is 0 Å². The van der Waals surface area contributed by atoms with Gasteiger partial charge in [0.15, 0.2) is 0 Å². The number of rotatable bonds is 6. The Bertz CT molecular complexity index is 400. The van der Waals surface area contributed by atoms with Crippen LogP contribution in [-0.4, -0.2) is 36.8 Å². The fraction of sp³-hybridized carbons (Fsp3) is 0.647. The van der Waals surface area contributed by atoms with Gasteiger partial charge in [0.2, 0.25) is 0 Å². The lowest BCUT2D eigenvalue weighted by molar-refractivity contribution is 0.116. The van der Waals surface area contributed by atoms with Gasteiger partial charge in [-0.15, -0.1) is 0 Å². The fourth-order valence-corrected chi connectivity index (χ4v) is 2.77. The van der Waals surface area contributed by atoms with Crippen molar-refractivity contribution in [2.24, 2.45) is 5.41 Å². The standard InChI is InChI=1S/C17H29NO/c1-13-9-14(2)16(15(3)10-13)7-8-18(6)11-17(4,5)12-19/h9-10,19H,7-8,11-12H2,1-6H3. The first-order chi connectivity index (χ1) is 8.75. The van der Waals surface area contributed by atoms with E-state index in [1.807, 2.05) is 0 Å². The molecule has 0 saturated heterocycles. The number of hydrogen-bond donors (Lipinski definition) is 1. The van der Waals surface area contributed by atoms with Crippen LogP contribution in [0.2, 0.25) is 0 Å².